The normalized spacial score (nSPS) is 27.2. The first-order chi connectivity index (χ1) is 14.7. The van der Waals surface area contributed by atoms with Gasteiger partial charge in [0.15, 0.2) is 0 Å². The van der Waals surface area contributed by atoms with Gasteiger partial charge in [-0.1, -0.05) is 50.7 Å². The third-order valence-corrected chi connectivity index (χ3v) is 6.92. The smallest absolute Gasteiger partial charge is 0.206 e. The summed E-state index contributed by atoms with van der Waals surface area (Å²) in [4.78, 5) is 0. The number of rotatable bonds is 5. The van der Waals surface area contributed by atoms with Gasteiger partial charge in [0.2, 0.25) is 0 Å². The van der Waals surface area contributed by atoms with Crippen molar-refractivity contribution in [3.05, 3.63) is 47.0 Å². The molecule has 3 rings (SSSR count). The Kier molecular flexibility index (Phi) is 8.19. The Morgan fingerprint density at radius 3 is 2.13 bits per heavy atom. The number of hydrogen-bond donors (Lipinski definition) is 0. The van der Waals surface area contributed by atoms with Crippen molar-refractivity contribution in [3.63, 3.8) is 0 Å². The number of benzene rings is 1. The molecule has 0 unspecified atom stereocenters. The highest BCUT2D eigenvalue weighted by Gasteiger charge is 2.25. The highest BCUT2D eigenvalue weighted by Crippen LogP contribution is 2.37. The summed E-state index contributed by atoms with van der Waals surface area (Å²) in [6.07, 6.45) is 11.2. The van der Waals surface area contributed by atoms with Gasteiger partial charge < -0.3 is 0 Å². The number of halogens is 5. The Balaban J connectivity index is 1.48. The molecule has 31 heavy (non-hydrogen) atoms. The van der Waals surface area contributed by atoms with Gasteiger partial charge in [0.25, 0.3) is 0 Å². The van der Waals surface area contributed by atoms with Crippen LogP contribution < -0.4 is 0 Å². The lowest BCUT2D eigenvalue weighted by Crippen LogP contribution is -2.13. The molecular formula is C26H31F5. The predicted octanol–water partition coefficient (Wildman–Crippen LogP) is 8.32. The molecule has 0 aliphatic heterocycles. The predicted molar refractivity (Wildman–Crippen MR) is 113 cm³/mol. The van der Waals surface area contributed by atoms with Crippen molar-refractivity contribution in [3.8, 4) is 11.8 Å². The summed E-state index contributed by atoms with van der Waals surface area (Å²) in [6, 6.07) is 2.30. The molecule has 0 aromatic heterocycles. The standard InChI is InChI=1S/C26H31F5/c1-18-6-8-19(9-7-18)4-2-3-5-20-10-12-21(13-11-20)22-16-24(27)23(25(28)17-22)14-15-26(29,30)31/h3,5,16-21H,2,4,6-13H2,1H3/b5-3+. The van der Waals surface area contributed by atoms with Gasteiger partial charge in [-0.2, -0.15) is 13.2 Å². The molecule has 0 spiro atoms. The van der Waals surface area contributed by atoms with Gasteiger partial charge in [-0.05, 0) is 79.9 Å². The zero-order chi connectivity index (χ0) is 22.4. The van der Waals surface area contributed by atoms with Crippen molar-refractivity contribution in [2.75, 3.05) is 0 Å². The van der Waals surface area contributed by atoms with Gasteiger partial charge in [0.1, 0.15) is 11.6 Å². The fourth-order valence-corrected chi connectivity index (χ4v) is 4.96. The second-order valence-electron chi connectivity index (χ2n) is 9.35. The Bertz CT molecular complexity index is 787. The molecule has 0 radical (unpaired) electrons. The Morgan fingerprint density at radius 1 is 0.935 bits per heavy atom. The van der Waals surface area contributed by atoms with Crippen LogP contribution in [0.15, 0.2) is 24.3 Å². The van der Waals surface area contributed by atoms with E-state index in [-0.39, 0.29) is 5.92 Å². The van der Waals surface area contributed by atoms with Crippen molar-refractivity contribution in [2.45, 2.75) is 83.2 Å². The topological polar surface area (TPSA) is 0 Å². The molecule has 0 bridgehead atoms. The molecule has 0 nitrogen and oxygen atoms in total. The third kappa shape index (κ3) is 7.37. The molecule has 1 aromatic rings. The maximum absolute atomic E-state index is 14.2. The van der Waals surface area contributed by atoms with Crippen molar-refractivity contribution in [1.82, 2.24) is 0 Å². The minimum atomic E-state index is -4.78. The van der Waals surface area contributed by atoms with Gasteiger partial charge >= 0.3 is 6.18 Å². The summed E-state index contributed by atoms with van der Waals surface area (Å²) in [5.41, 5.74) is -0.299. The van der Waals surface area contributed by atoms with E-state index in [1.807, 2.05) is 0 Å². The molecule has 5 heteroatoms. The summed E-state index contributed by atoms with van der Waals surface area (Å²) >= 11 is 0. The third-order valence-electron chi connectivity index (χ3n) is 6.92. The Hall–Kier alpha value is -1.83. The second-order valence-corrected chi connectivity index (χ2v) is 9.35. The molecule has 1 aromatic carbocycles. The summed E-state index contributed by atoms with van der Waals surface area (Å²) in [5, 5.41) is 0. The summed E-state index contributed by atoms with van der Waals surface area (Å²) < 4.78 is 65.0. The van der Waals surface area contributed by atoms with E-state index >= 15 is 0 Å². The summed E-state index contributed by atoms with van der Waals surface area (Å²) in [7, 11) is 0. The van der Waals surface area contributed by atoms with Crippen LogP contribution in [0, 0.1) is 41.2 Å². The first kappa shape index (κ1) is 23.8. The van der Waals surface area contributed by atoms with Gasteiger partial charge in [-0.15, -0.1) is 0 Å². The van der Waals surface area contributed by atoms with Crippen LogP contribution >= 0.6 is 0 Å². The molecule has 0 heterocycles. The minimum absolute atomic E-state index is 0.0301. The molecule has 2 aliphatic rings. The molecule has 0 saturated heterocycles. The zero-order valence-electron chi connectivity index (χ0n) is 18.1. The SMILES string of the molecule is CC1CCC(CC/C=C/C2CCC(c3cc(F)c(C#CC(F)(F)F)c(F)c3)CC2)CC1. The number of hydrogen-bond acceptors (Lipinski definition) is 0. The van der Waals surface area contributed by atoms with Crippen LogP contribution in [0.4, 0.5) is 22.0 Å². The van der Waals surface area contributed by atoms with E-state index in [4.69, 9.17) is 0 Å². The highest BCUT2D eigenvalue weighted by atomic mass is 19.4. The number of alkyl halides is 3. The average Bonchev–Trinajstić information content (AvgIpc) is 2.71. The van der Waals surface area contributed by atoms with Crippen LogP contribution in [-0.2, 0) is 0 Å². The molecular weight excluding hydrogens is 407 g/mol. The van der Waals surface area contributed by atoms with Crippen LogP contribution in [0.3, 0.4) is 0 Å². The summed E-state index contributed by atoms with van der Waals surface area (Å²) in [5.74, 6) is 2.74. The van der Waals surface area contributed by atoms with Crippen LogP contribution in [-0.4, -0.2) is 6.18 Å². The lowest BCUT2D eigenvalue weighted by molar-refractivity contribution is -0.0696. The lowest BCUT2D eigenvalue weighted by atomic mass is 9.78. The largest absolute Gasteiger partial charge is 0.458 e. The van der Waals surface area contributed by atoms with Crippen molar-refractivity contribution < 1.29 is 22.0 Å². The fraction of sp³-hybridized carbons (Fsp3) is 0.615. The van der Waals surface area contributed by atoms with Gasteiger partial charge in [0, 0.05) is 5.92 Å². The zero-order valence-corrected chi connectivity index (χ0v) is 18.1. The Labute approximate surface area is 182 Å². The van der Waals surface area contributed by atoms with Crippen molar-refractivity contribution in [2.24, 2.45) is 17.8 Å². The van der Waals surface area contributed by atoms with E-state index in [0.29, 0.717) is 11.5 Å². The molecule has 2 aliphatic carbocycles. The van der Waals surface area contributed by atoms with Gasteiger partial charge in [0.05, 0.1) is 5.56 Å². The van der Waals surface area contributed by atoms with E-state index in [0.717, 1.165) is 62.0 Å². The van der Waals surface area contributed by atoms with Crippen LogP contribution in [0.2, 0.25) is 0 Å². The van der Waals surface area contributed by atoms with Crippen molar-refractivity contribution >= 4 is 0 Å². The molecule has 0 amide bonds. The second kappa shape index (κ2) is 10.7. The first-order valence-electron chi connectivity index (χ1n) is 11.5. The lowest BCUT2D eigenvalue weighted by Gasteiger charge is -2.27. The van der Waals surface area contributed by atoms with Gasteiger partial charge in [-0.3, -0.25) is 0 Å². The first-order valence-corrected chi connectivity index (χ1v) is 11.5. The maximum Gasteiger partial charge on any atom is 0.458 e. The van der Waals surface area contributed by atoms with E-state index in [2.05, 4.69) is 19.1 Å². The van der Waals surface area contributed by atoms with Crippen LogP contribution in [0.25, 0.3) is 0 Å². The van der Waals surface area contributed by atoms with Crippen LogP contribution in [0.1, 0.15) is 88.2 Å². The monoisotopic (exact) mass is 438 g/mol. The maximum atomic E-state index is 14.2. The molecule has 170 valence electrons. The summed E-state index contributed by atoms with van der Waals surface area (Å²) in [6.45, 7) is 2.34. The van der Waals surface area contributed by atoms with E-state index in [1.165, 1.54) is 32.1 Å². The molecule has 2 saturated carbocycles. The van der Waals surface area contributed by atoms with E-state index in [9.17, 15) is 22.0 Å². The quantitative estimate of drug-likeness (QED) is 0.246. The van der Waals surface area contributed by atoms with Crippen LogP contribution in [0.5, 0.6) is 0 Å². The molecule has 2 fully saturated rings. The Morgan fingerprint density at radius 2 is 1.55 bits per heavy atom. The average molecular weight is 439 g/mol. The molecule has 0 atom stereocenters. The van der Waals surface area contributed by atoms with Gasteiger partial charge in [-0.25, -0.2) is 8.78 Å². The van der Waals surface area contributed by atoms with E-state index < -0.39 is 23.4 Å². The minimum Gasteiger partial charge on any atom is -0.206 e. The molecule has 0 N–H and O–H groups in total. The highest BCUT2D eigenvalue weighted by molar-refractivity contribution is 5.40. The van der Waals surface area contributed by atoms with E-state index in [1.54, 1.807) is 5.92 Å². The van der Waals surface area contributed by atoms with Crippen molar-refractivity contribution in [1.29, 1.82) is 0 Å². The number of allylic oxidation sites excluding steroid dienone is 2. The fourth-order valence-electron chi connectivity index (χ4n) is 4.96.